The zero-order valence-corrected chi connectivity index (χ0v) is 13.8. The van der Waals surface area contributed by atoms with E-state index in [9.17, 15) is 4.79 Å². The minimum atomic E-state index is -0.172. The average molecular weight is 336 g/mol. The highest BCUT2D eigenvalue weighted by atomic mass is 16.3. The summed E-state index contributed by atoms with van der Waals surface area (Å²) in [7, 11) is 0. The zero-order valence-electron chi connectivity index (χ0n) is 13.8. The Bertz CT molecular complexity index is 826. The van der Waals surface area contributed by atoms with Crippen molar-refractivity contribution in [3.05, 3.63) is 60.5 Å². The minimum absolute atomic E-state index is 0.172. The van der Waals surface area contributed by atoms with Crippen molar-refractivity contribution in [2.24, 2.45) is 0 Å². The van der Waals surface area contributed by atoms with Crippen molar-refractivity contribution in [1.82, 2.24) is 15.5 Å². The second-order valence-corrected chi connectivity index (χ2v) is 6.18. The molecular formula is C19H20N4O2. The molecule has 1 aromatic carbocycles. The van der Waals surface area contributed by atoms with Crippen LogP contribution in [-0.2, 0) is 0 Å². The van der Waals surface area contributed by atoms with Crippen LogP contribution in [0.15, 0.2) is 59.2 Å². The van der Waals surface area contributed by atoms with Gasteiger partial charge >= 0.3 is 0 Å². The molecule has 0 aliphatic carbocycles. The van der Waals surface area contributed by atoms with Gasteiger partial charge in [0.1, 0.15) is 5.69 Å². The molecule has 128 valence electrons. The Morgan fingerprint density at radius 3 is 2.96 bits per heavy atom. The van der Waals surface area contributed by atoms with Gasteiger partial charge in [0.05, 0.1) is 6.26 Å². The first-order valence-electron chi connectivity index (χ1n) is 8.50. The average Bonchev–Trinajstić information content (AvgIpc) is 3.41. The van der Waals surface area contributed by atoms with E-state index in [1.54, 1.807) is 18.4 Å². The van der Waals surface area contributed by atoms with Gasteiger partial charge in [-0.25, -0.2) is 0 Å². The maximum Gasteiger partial charge on any atom is 0.271 e. The Kier molecular flexibility index (Phi) is 4.24. The van der Waals surface area contributed by atoms with E-state index in [-0.39, 0.29) is 5.91 Å². The molecule has 2 aromatic heterocycles. The number of furan rings is 1. The first-order chi connectivity index (χ1) is 12.3. The number of rotatable bonds is 5. The Labute approximate surface area is 145 Å². The highest BCUT2D eigenvalue weighted by Gasteiger charge is 2.25. The Morgan fingerprint density at radius 1 is 1.28 bits per heavy atom. The molecule has 6 heteroatoms. The molecule has 0 saturated carbocycles. The third-order valence-electron chi connectivity index (χ3n) is 4.56. The van der Waals surface area contributed by atoms with Crippen LogP contribution in [-0.4, -0.2) is 35.2 Å². The van der Waals surface area contributed by atoms with Crippen molar-refractivity contribution < 1.29 is 9.21 Å². The highest BCUT2D eigenvalue weighted by Crippen LogP contribution is 2.25. The van der Waals surface area contributed by atoms with Crippen molar-refractivity contribution in [1.29, 1.82) is 0 Å². The fourth-order valence-corrected chi connectivity index (χ4v) is 3.30. The topological polar surface area (TPSA) is 74.2 Å². The smallest absolute Gasteiger partial charge is 0.271 e. The molecule has 4 rings (SSSR count). The van der Waals surface area contributed by atoms with E-state index in [1.807, 2.05) is 24.3 Å². The van der Waals surface area contributed by atoms with Crippen LogP contribution >= 0.6 is 0 Å². The maximum atomic E-state index is 12.4. The lowest BCUT2D eigenvalue weighted by Gasteiger charge is -2.26. The number of aromatic nitrogens is 2. The van der Waals surface area contributed by atoms with E-state index in [4.69, 9.17) is 4.42 Å². The maximum absolute atomic E-state index is 12.4. The molecule has 0 radical (unpaired) electrons. The minimum Gasteiger partial charge on any atom is -0.463 e. The number of hydrogen-bond donors (Lipinski definition) is 2. The van der Waals surface area contributed by atoms with Crippen molar-refractivity contribution in [2.75, 3.05) is 18.0 Å². The number of para-hydroxylation sites is 1. The third kappa shape index (κ3) is 3.28. The van der Waals surface area contributed by atoms with Gasteiger partial charge in [-0.15, -0.1) is 0 Å². The fraction of sp³-hybridized carbons (Fsp3) is 0.263. The molecule has 1 aliphatic heterocycles. The Balaban J connectivity index is 1.38. The molecule has 3 heterocycles. The van der Waals surface area contributed by atoms with E-state index in [2.05, 4.69) is 32.5 Å². The summed E-state index contributed by atoms with van der Waals surface area (Å²) in [5.41, 5.74) is 2.27. The first kappa shape index (κ1) is 15.5. The van der Waals surface area contributed by atoms with Gasteiger partial charge < -0.3 is 14.6 Å². The van der Waals surface area contributed by atoms with Crippen LogP contribution in [0.1, 0.15) is 23.3 Å². The summed E-state index contributed by atoms with van der Waals surface area (Å²) in [6, 6.07) is 16.0. The number of hydrogen-bond acceptors (Lipinski definition) is 4. The number of amides is 1. The quantitative estimate of drug-likeness (QED) is 0.751. The molecule has 1 fully saturated rings. The normalized spacial score (nSPS) is 17.0. The summed E-state index contributed by atoms with van der Waals surface area (Å²) < 4.78 is 5.31. The summed E-state index contributed by atoms with van der Waals surface area (Å²) in [5.74, 6) is 0.492. The Hall–Kier alpha value is -3.02. The number of H-pyrrole nitrogens is 1. The van der Waals surface area contributed by atoms with Gasteiger partial charge in [-0.1, -0.05) is 18.2 Å². The van der Waals surface area contributed by atoms with Gasteiger partial charge in [0.2, 0.25) is 0 Å². The monoisotopic (exact) mass is 336 g/mol. The van der Waals surface area contributed by atoms with Crippen LogP contribution in [0, 0.1) is 0 Å². The van der Waals surface area contributed by atoms with Gasteiger partial charge in [-0.05, 0) is 37.1 Å². The van der Waals surface area contributed by atoms with E-state index in [1.165, 1.54) is 5.69 Å². The summed E-state index contributed by atoms with van der Waals surface area (Å²) in [6.45, 7) is 1.63. The van der Waals surface area contributed by atoms with Crippen LogP contribution in [0.5, 0.6) is 0 Å². The van der Waals surface area contributed by atoms with E-state index < -0.39 is 0 Å². The van der Waals surface area contributed by atoms with Crippen molar-refractivity contribution in [2.45, 2.75) is 18.9 Å². The standard InChI is InChI=1S/C19H20N4O2/c24-19(17-12-16(21-22-17)18-9-5-11-25-18)20-13-15-8-4-10-23(15)14-6-2-1-3-7-14/h1-3,5-7,9,11-12,15H,4,8,10,13H2,(H,20,24)(H,21,22). The van der Waals surface area contributed by atoms with Gasteiger partial charge in [0.15, 0.2) is 11.5 Å². The third-order valence-corrected chi connectivity index (χ3v) is 4.56. The number of anilines is 1. The lowest BCUT2D eigenvalue weighted by atomic mass is 10.2. The van der Waals surface area contributed by atoms with E-state index >= 15 is 0 Å². The predicted molar refractivity (Wildman–Crippen MR) is 95.4 cm³/mol. The molecule has 25 heavy (non-hydrogen) atoms. The second kappa shape index (κ2) is 6.84. The van der Waals surface area contributed by atoms with Crippen LogP contribution in [0.4, 0.5) is 5.69 Å². The number of nitrogens with one attached hydrogen (secondary N) is 2. The van der Waals surface area contributed by atoms with Crippen molar-refractivity contribution >= 4 is 11.6 Å². The summed E-state index contributed by atoms with van der Waals surface area (Å²) in [6.07, 6.45) is 3.81. The molecule has 3 aromatic rings. The largest absolute Gasteiger partial charge is 0.463 e. The molecule has 1 atom stereocenters. The summed E-state index contributed by atoms with van der Waals surface area (Å²) in [5, 5.41) is 9.93. The summed E-state index contributed by atoms with van der Waals surface area (Å²) in [4.78, 5) is 14.7. The van der Waals surface area contributed by atoms with Gasteiger partial charge in [0.25, 0.3) is 5.91 Å². The summed E-state index contributed by atoms with van der Waals surface area (Å²) >= 11 is 0. The van der Waals surface area contributed by atoms with Crippen LogP contribution in [0.2, 0.25) is 0 Å². The molecule has 1 amide bonds. The molecule has 0 bridgehead atoms. The SMILES string of the molecule is O=C(NCC1CCCN1c1ccccc1)c1cc(-c2ccco2)[nH]n1. The van der Waals surface area contributed by atoms with Gasteiger partial charge in [-0.3, -0.25) is 9.89 Å². The lowest BCUT2D eigenvalue weighted by Crippen LogP contribution is -2.40. The van der Waals surface area contributed by atoms with Crippen LogP contribution < -0.4 is 10.2 Å². The zero-order chi connectivity index (χ0) is 17.1. The van der Waals surface area contributed by atoms with Crippen LogP contribution in [0.25, 0.3) is 11.5 Å². The predicted octanol–water partition coefficient (Wildman–Crippen LogP) is 3.07. The molecule has 6 nitrogen and oxygen atoms in total. The Morgan fingerprint density at radius 2 is 2.16 bits per heavy atom. The van der Waals surface area contributed by atoms with Crippen LogP contribution in [0.3, 0.4) is 0 Å². The fourth-order valence-electron chi connectivity index (χ4n) is 3.30. The molecular weight excluding hydrogens is 316 g/mol. The number of carbonyl (C=O) groups is 1. The van der Waals surface area contributed by atoms with Gasteiger partial charge in [-0.2, -0.15) is 5.10 Å². The van der Waals surface area contributed by atoms with Gasteiger partial charge in [0, 0.05) is 30.9 Å². The molecule has 2 N–H and O–H groups in total. The number of nitrogens with zero attached hydrogens (tertiary/aromatic N) is 2. The van der Waals surface area contributed by atoms with Crippen molar-refractivity contribution in [3.63, 3.8) is 0 Å². The number of carbonyl (C=O) groups excluding carboxylic acids is 1. The number of benzene rings is 1. The first-order valence-corrected chi connectivity index (χ1v) is 8.50. The highest BCUT2D eigenvalue weighted by molar-refractivity contribution is 5.93. The molecule has 1 aliphatic rings. The molecule has 1 unspecified atom stereocenters. The van der Waals surface area contributed by atoms with E-state index in [0.717, 1.165) is 19.4 Å². The second-order valence-electron chi connectivity index (χ2n) is 6.18. The lowest BCUT2D eigenvalue weighted by molar-refractivity contribution is 0.0946. The molecule has 0 spiro atoms. The van der Waals surface area contributed by atoms with Crippen molar-refractivity contribution in [3.8, 4) is 11.5 Å². The van der Waals surface area contributed by atoms with E-state index in [0.29, 0.717) is 29.7 Å². The number of aromatic amines is 1. The molecule has 1 saturated heterocycles.